The lowest BCUT2D eigenvalue weighted by atomic mass is 10.0. The van der Waals surface area contributed by atoms with Gasteiger partial charge in [-0.05, 0) is 12.8 Å². The van der Waals surface area contributed by atoms with Crippen molar-refractivity contribution in [2.45, 2.75) is 38.6 Å². The Kier molecular flexibility index (Phi) is 6.91. The maximum absolute atomic E-state index is 11.7. The predicted molar refractivity (Wildman–Crippen MR) is 75.3 cm³/mol. The molecule has 0 radical (unpaired) electrons. The maximum Gasteiger partial charge on any atom is 0.322 e. The monoisotopic (exact) mass is 287 g/mol. The minimum Gasteiger partial charge on any atom is -0.468 e. The molecule has 5 nitrogen and oxygen atoms in total. The Morgan fingerprint density at radius 3 is 2.47 bits per heavy atom. The van der Waals surface area contributed by atoms with Gasteiger partial charge in [-0.25, -0.2) is 0 Å². The topological polar surface area (TPSA) is 65.0 Å². The molecule has 0 N–H and O–H groups in total. The van der Waals surface area contributed by atoms with E-state index in [-0.39, 0.29) is 6.04 Å². The van der Waals surface area contributed by atoms with E-state index in [1.54, 1.807) is 11.8 Å². The van der Waals surface area contributed by atoms with Gasteiger partial charge in [-0.3, -0.25) is 14.6 Å². The van der Waals surface area contributed by atoms with Crippen molar-refractivity contribution < 1.29 is 19.1 Å². The third kappa shape index (κ3) is 4.53. The Bertz CT molecular complexity index is 341. The number of aliphatic imine (C=N–C) groups is 1. The summed E-state index contributed by atoms with van der Waals surface area (Å²) in [4.78, 5) is 27.8. The van der Waals surface area contributed by atoms with E-state index in [2.05, 4.69) is 21.4 Å². The Morgan fingerprint density at radius 1 is 1.32 bits per heavy atom. The first-order chi connectivity index (χ1) is 9.13. The summed E-state index contributed by atoms with van der Waals surface area (Å²) >= 11 is 1.62. The summed E-state index contributed by atoms with van der Waals surface area (Å²) in [5.41, 5.74) is 0. The lowest BCUT2D eigenvalue weighted by molar-refractivity contribution is -0.159. The smallest absolute Gasteiger partial charge is 0.322 e. The van der Waals surface area contributed by atoms with Crippen LogP contribution in [0.2, 0.25) is 0 Å². The van der Waals surface area contributed by atoms with E-state index >= 15 is 0 Å². The summed E-state index contributed by atoms with van der Waals surface area (Å²) in [6.45, 7) is 2.15. The van der Waals surface area contributed by atoms with Gasteiger partial charge in [0.05, 0.1) is 25.3 Å². The molecule has 0 fully saturated rings. The molecule has 0 aliphatic carbocycles. The first-order valence-corrected chi connectivity index (χ1v) is 7.47. The van der Waals surface area contributed by atoms with Crippen molar-refractivity contribution in [1.82, 2.24) is 0 Å². The SMILES string of the molecule is CCCCCC1=NC(C(C(=O)OC)C(=O)OC)CS1. The van der Waals surface area contributed by atoms with Crippen LogP contribution in [0.1, 0.15) is 32.6 Å². The molecule has 1 rings (SSSR count). The number of hydrogen-bond donors (Lipinski definition) is 0. The van der Waals surface area contributed by atoms with Gasteiger partial charge in [0.25, 0.3) is 0 Å². The van der Waals surface area contributed by atoms with Crippen molar-refractivity contribution in [3.63, 3.8) is 0 Å². The van der Waals surface area contributed by atoms with E-state index in [1.165, 1.54) is 20.6 Å². The van der Waals surface area contributed by atoms with Gasteiger partial charge in [0.15, 0.2) is 5.92 Å². The minimum atomic E-state index is -0.939. The number of methoxy groups -OCH3 is 2. The third-order valence-corrected chi connectivity index (χ3v) is 4.17. The molecule has 1 atom stereocenters. The standard InChI is InChI=1S/C13H21NO4S/c1-4-5-6-7-10-14-9(8-19-10)11(12(15)17-2)13(16)18-3/h9,11H,4-8H2,1-3H3. The van der Waals surface area contributed by atoms with Gasteiger partial charge < -0.3 is 9.47 Å². The zero-order chi connectivity index (χ0) is 14.3. The molecule has 0 aromatic carbocycles. The number of unbranched alkanes of at least 4 members (excludes halogenated alkanes) is 2. The molecule has 19 heavy (non-hydrogen) atoms. The Balaban J connectivity index is 2.66. The van der Waals surface area contributed by atoms with Crippen LogP contribution in [0.5, 0.6) is 0 Å². The Morgan fingerprint density at radius 2 is 1.95 bits per heavy atom. The average Bonchev–Trinajstić information content (AvgIpc) is 2.87. The first-order valence-electron chi connectivity index (χ1n) is 6.49. The van der Waals surface area contributed by atoms with Gasteiger partial charge in [0.2, 0.25) is 0 Å². The molecule has 1 heterocycles. The van der Waals surface area contributed by atoms with Crippen LogP contribution in [0.25, 0.3) is 0 Å². The highest BCUT2D eigenvalue weighted by Gasteiger charge is 2.39. The fourth-order valence-electron chi connectivity index (χ4n) is 1.94. The number of carbonyl (C=O) groups excluding carboxylic acids is 2. The quantitative estimate of drug-likeness (QED) is 0.407. The van der Waals surface area contributed by atoms with E-state index in [1.807, 2.05) is 0 Å². The molecule has 1 unspecified atom stereocenters. The van der Waals surface area contributed by atoms with Crippen molar-refractivity contribution >= 4 is 28.7 Å². The normalized spacial score (nSPS) is 18.3. The number of hydrogen-bond acceptors (Lipinski definition) is 6. The predicted octanol–water partition coefficient (Wildman–Crippen LogP) is 2.04. The summed E-state index contributed by atoms with van der Waals surface area (Å²) in [7, 11) is 2.54. The summed E-state index contributed by atoms with van der Waals surface area (Å²) in [5.74, 6) is -1.45. The zero-order valence-corrected chi connectivity index (χ0v) is 12.5. The second-order valence-electron chi connectivity index (χ2n) is 4.38. The van der Waals surface area contributed by atoms with E-state index in [9.17, 15) is 9.59 Å². The van der Waals surface area contributed by atoms with Crippen molar-refractivity contribution in [1.29, 1.82) is 0 Å². The molecule has 1 aliphatic heterocycles. The van der Waals surface area contributed by atoms with Gasteiger partial charge in [0, 0.05) is 5.75 Å². The number of esters is 2. The van der Waals surface area contributed by atoms with Gasteiger partial charge in [-0.2, -0.15) is 0 Å². The van der Waals surface area contributed by atoms with Gasteiger partial charge in [-0.15, -0.1) is 11.8 Å². The molecular formula is C13H21NO4S. The van der Waals surface area contributed by atoms with E-state index in [0.29, 0.717) is 5.75 Å². The van der Waals surface area contributed by atoms with Crippen LogP contribution in [0.3, 0.4) is 0 Å². The number of rotatable bonds is 7. The molecule has 108 valence electrons. The van der Waals surface area contributed by atoms with Gasteiger partial charge >= 0.3 is 11.9 Å². The fraction of sp³-hybridized carbons (Fsp3) is 0.769. The molecule has 6 heteroatoms. The second kappa shape index (κ2) is 8.19. The lowest BCUT2D eigenvalue weighted by Gasteiger charge is -2.15. The van der Waals surface area contributed by atoms with Crippen molar-refractivity contribution in [2.24, 2.45) is 10.9 Å². The second-order valence-corrected chi connectivity index (χ2v) is 5.48. The zero-order valence-electron chi connectivity index (χ0n) is 11.7. The van der Waals surface area contributed by atoms with Gasteiger partial charge in [-0.1, -0.05) is 19.8 Å². The van der Waals surface area contributed by atoms with E-state index in [0.717, 1.165) is 24.3 Å². The van der Waals surface area contributed by atoms with E-state index in [4.69, 9.17) is 0 Å². The van der Waals surface area contributed by atoms with Gasteiger partial charge in [0.1, 0.15) is 0 Å². The molecule has 0 bridgehead atoms. The highest BCUT2D eigenvalue weighted by Crippen LogP contribution is 2.27. The van der Waals surface area contributed by atoms with Crippen LogP contribution in [0.4, 0.5) is 0 Å². The first kappa shape index (κ1) is 16.0. The Labute approximate surface area is 118 Å². The minimum absolute atomic E-state index is 0.360. The highest BCUT2D eigenvalue weighted by atomic mass is 32.2. The maximum atomic E-state index is 11.7. The summed E-state index contributed by atoms with van der Waals surface area (Å²) in [6.07, 6.45) is 4.34. The largest absolute Gasteiger partial charge is 0.468 e. The lowest BCUT2D eigenvalue weighted by Crippen LogP contribution is -2.36. The molecule has 0 aromatic rings. The molecule has 0 saturated carbocycles. The molecule has 0 aromatic heterocycles. The summed E-state index contributed by atoms with van der Waals surface area (Å²) in [5, 5.41) is 1.02. The fourth-order valence-corrected chi connectivity index (χ4v) is 3.07. The molecule has 0 spiro atoms. The highest BCUT2D eigenvalue weighted by molar-refractivity contribution is 8.14. The van der Waals surface area contributed by atoms with Crippen LogP contribution < -0.4 is 0 Å². The number of carbonyl (C=O) groups is 2. The van der Waals surface area contributed by atoms with Crippen molar-refractivity contribution in [2.75, 3.05) is 20.0 Å². The van der Waals surface area contributed by atoms with Crippen LogP contribution in [-0.4, -0.2) is 43.0 Å². The molecular weight excluding hydrogens is 266 g/mol. The van der Waals surface area contributed by atoms with Crippen LogP contribution in [-0.2, 0) is 19.1 Å². The summed E-state index contributed by atoms with van der Waals surface area (Å²) < 4.78 is 9.33. The van der Waals surface area contributed by atoms with Crippen molar-refractivity contribution in [3.05, 3.63) is 0 Å². The average molecular weight is 287 g/mol. The third-order valence-electron chi connectivity index (χ3n) is 3.02. The molecule has 0 saturated heterocycles. The van der Waals surface area contributed by atoms with E-state index < -0.39 is 17.9 Å². The number of thioether (sulfide) groups is 1. The molecule has 0 amide bonds. The number of nitrogens with zero attached hydrogens (tertiary/aromatic N) is 1. The van der Waals surface area contributed by atoms with Crippen LogP contribution in [0, 0.1) is 5.92 Å². The van der Waals surface area contributed by atoms with Crippen LogP contribution in [0.15, 0.2) is 4.99 Å². The summed E-state index contributed by atoms with van der Waals surface area (Å²) in [6, 6.07) is -0.360. The Hall–Kier alpha value is -1.04. The van der Waals surface area contributed by atoms with Crippen molar-refractivity contribution in [3.8, 4) is 0 Å². The van der Waals surface area contributed by atoms with Crippen LogP contribution >= 0.6 is 11.8 Å². The number of ether oxygens (including phenoxy) is 2. The molecule has 1 aliphatic rings.